The zero-order valence-corrected chi connectivity index (χ0v) is 14.9. The molecule has 0 aromatic rings. The predicted molar refractivity (Wildman–Crippen MR) is 88.0 cm³/mol. The van der Waals surface area contributed by atoms with Gasteiger partial charge in [0.1, 0.15) is 0 Å². The van der Waals surface area contributed by atoms with E-state index in [4.69, 9.17) is 0 Å². The van der Waals surface area contributed by atoms with Crippen molar-refractivity contribution in [1.29, 1.82) is 0 Å². The van der Waals surface area contributed by atoms with Gasteiger partial charge in [0.05, 0.1) is 5.97 Å². The summed E-state index contributed by atoms with van der Waals surface area (Å²) in [5.74, 6) is -0.960. The topological polar surface area (TPSA) is 43.4 Å². The third kappa shape index (κ3) is 17.6. The Morgan fingerprint density at radius 3 is 1.68 bits per heavy atom. The van der Waals surface area contributed by atoms with Gasteiger partial charge >= 0.3 is 18.9 Å². The number of nitrogens with zero attached hydrogens (tertiary/aromatic N) is 1. The Kier molecular flexibility index (Phi) is 20.0. The molecule has 0 amide bonds. The van der Waals surface area contributed by atoms with Crippen LogP contribution in [-0.2, 0) is 4.79 Å². The van der Waals surface area contributed by atoms with Crippen molar-refractivity contribution in [2.24, 2.45) is 0 Å². The van der Waals surface area contributed by atoms with E-state index in [1.165, 1.54) is 12.8 Å². The number of carboxylic acid groups (broad SMARTS) is 1. The fraction of sp³-hybridized carbons (Fsp3) is 0.722. The molecule has 0 N–H and O–H groups in total. The average Bonchev–Trinajstić information content (AvgIpc) is 2.45. The first-order chi connectivity index (χ1) is 10.2. The number of unbranched alkanes of at least 4 members (excludes halogenated alkanes) is 6. The molecule has 22 heavy (non-hydrogen) atoms. The van der Waals surface area contributed by atoms with Gasteiger partial charge in [-0.15, -0.1) is 0 Å². The minimum Gasteiger partial charge on any atom is -0.549 e. The van der Waals surface area contributed by atoms with Gasteiger partial charge < -0.3 is 9.90 Å². The maximum absolute atomic E-state index is 10.8. The first kappa shape index (κ1) is 23.8. The van der Waals surface area contributed by atoms with Crippen molar-refractivity contribution in [3.63, 3.8) is 0 Å². The maximum atomic E-state index is 10.8. The summed E-state index contributed by atoms with van der Waals surface area (Å²) < 4.78 is 0. The van der Waals surface area contributed by atoms with E-state index in [1.807, 2.05) is 18.7 Å². The number of allylic oxidation sites excluding steroid dienone is 4. The van der Waals surface area contributed by atoms with E-state index in [0.29, 0.717) is 0 Å². The molecule has 0 aromatic carbocycles. The zero-order chi connectivity index (χ0) is 15.8. The summed E-state index contributed by atoms with van der Waals surface area (Å²) in [5, 5.41) is 10.8. The molecule has 3 nitrogen and oxygen atoms in total. The molecule has 0 saturated carbocycles. The first-order valence-electron chi connectivity index (χ1n) is 8.35. The Morgan fingerprint density at radius 2 is 1.32 bits per heavy atom. The molecule has 122 valence electrons. The van der Waals surface area contributed by atoms with Crippen LogP contribution >= 0.6 is 0 Å². The SMILES string of the molecule is C/C=C/CCCCCN(CCCCC/C=C/C)CC(=O)[O-].[Li+]. The van der Waals surface area contributed by atoms with Gasteiger partial charge in [0, 0.05) is 6.54 Å². The Balaban J connectivity index is 0. The summed E-state index contributed by atoms with van der Waals surface area (Å²) in [6.07, 6.45) is 17.6. The zero-order valence-electron chi connectivity index (χ0n) is 14.9. The quantitative estimate of drug-likeness (QED) is 0.264. The van der Waals surface area contributed by atoms with Crippen LogP contribution in [0.15, 0.2) is 24.3 Å². The van der Waals surface area contributed by atoms with Gasteiger partial charge in [0.15, 0.2) is 0 Å². The van der Waals surface area contributed by atoms with Crippen LogP contribution < -0.4 is 24.0 Å². The Bertz CT molecular complexity index is 281. The summed E-state index contributed by atoms with van der Waals surface area (Å²) in [5.41, 5.74) is 0. The van der Waals surface area contributed by atoms with Gasteiger partial charge in [-0.25, -0.2) is 0 Å². The van der Waals surface area contributed by atoms with Crippen LogP contribution in [-0.4, -0.2) is 30.5 Å². The number of carboxylic acids is 1. The number of carbonyl (C=O) groups excluding carboxylic acids is 1. The summed E-state index contributed by atoms with van der Waals surface area (Å²) in [4.78, 5) is 12.8. The Labute approximate surface area is 149 Å². The molecule has 0 aliphatic rings. The second-order valence-corrected chi connectivity index (χ2v) is 5.48. The summed E-state index contributed by atoms with van der Waals surface area (Å²) in [6.45, 7) is 5.90. The minimum atomic E-state index is -0.960. The molecule has 0 aromatic heterocycles. The molecule has 4 heteroatoms. The van der Waals surface area contributed by atoms with Crippen molar-refractivity contribution in [2.75, 3.05) is 19.6 Å². The molecule has 0 unspecified atom stereocenters. The van der Waals surface area contributed by atoms with Gasteiger partial charge in [-0.1, -0.05) is 37.1 Å². The van der Waals surface area contributed by atoms with Crippen molar-refractivity contribution < 1.29 is 28.8 Å². The molecule has 0 bridgehead atoms. The van der Waals surface area contributed by atoms with Crippen LogP contribution in [0.4, 0.5) is 0 Å². The van der Waals surface area contributed by atoms with Crippen LogP contribution in [0.5, 0.6) is 0 Å². The van der Waals surface area contributed by atoms with Crippen LogP contribution in [0, 0.1) is 0 Å². The average molecular weight is 301 g/mol. The van der Waals surface area contributed by atoms with Crippen molar-refractivity contribution in [2.45, 2.75) is 65.2 Å². The smallest absolute Gasteiger partial charge is 0.549 e. The number of rotatable bonds is 14. The molecule has 0 aliphatic carbocycles. The largest absolute Gasteiger partial charge is 1.00 e. The monoisotopic (exact) mass is 301 g/mol. The van der Waals surface area contributed by atoms with Crippen molar-refractivity contribution >= 4 is 5.97 Å². The first-order valence-corrected chi connectivity index (χ1v) is 8.35. The normalized spacial score (nSPS) is 11.4. The fourth-order valence-electron chi connectivity index (χ4n) is 2.33. The van der Waals surface area contributed by atoms with Crippen molar-refractivity contribution in [3.8, 4) is 0 Å². The van der Waals surface area contributed by atoms with Gasteiger partial charge in [0.2, 0.25) is 0 Å². The molecule has 0 saturated heterocycles. The van der Waals surface area contributed by atoms with E-state index in [0.717, 1.165) is 51.6 Å². The minimum absolute atomic E-state index is 0. The fourth-order valence-corrected chi connectivity index (χ4v) is 2.33. The molecule has 0 fully saturated rings. The van der Waals surface area contributed by atoms with Crippen LogP contribution in [0.3, 0.4) is 0 Å². The van der Waals surface area contributed by atoms with Gasteiger partial charge in [0.25, 0.3) is 0 Å². The van der Waals surface area contributed by atoms with Gasteiger partial charge in [-0.05, 0) is 65.5 Å². The van der Waals surface area contributed by atoms with E-state index in [9.17, 15) is 9.90 Å². The predicted octanol–water partition coefficient (Wildman–Crippen LogP) is 0.315. The van der Waals surface area contributed by atoms with E-state index >= 15 is 0 Å². The molecule has 0 heterocycles. The third-order valence-corrected chi connectivity index (χ3v) is 3.51. The van der Waals surface area contributed by atoms with E-state index in [-0.39, 0.29) is 25.4 Å². The molecular weight excluding hydrogens is 269 g/mol. The van der Waals surface area contributed by atoms with Crippen LogP contribution in [0.2, 0.25) is 0 Å². The summed E-state index contributed by atoms with van der Waals surface area (Å²) in [6, 6.07) is 0. The molecular formula is C18H32LiNO2. The molecule has 0 spiro atoms. The second kappa shape index (κ2) is 18.6. The van der Waals surface area contributed by atoms with Crippen LogP contribution in [0.25, 0.3) is 0 Å². The third-order valence-electron chi connectivity index (χ3n) is 3.51. The maximum Gasteiger partial charge on any atom is 1.00 e. The summed E-state index contributed by atoms with van der Waals surface area (Å²) in [7, 11) is 0. The van der Waals surface area contributed by atoms with Crippen molar-refractivity contribution in [3.05, 3.63) is 24.3 Å². The number of aliphatic carboxylic acids is 1. The van der Waals surface area contributed by atoms with E-state index in [2.05, 4.69) is 24.3 Å². The number of hydrogen-bond donors (Lipinski definition) is 0. The molecule has 0 atom stereocenters. The summed E-state index contributed by atoms with van der Waals surface area (Å²) >= 11 is 0. The van der Waals surface area contributed by atoms with Gasteiger partial charge in [-0.3, -0.25) is 4.90 Å². The van der Waals surface area contributed by atoms with Gasteiger partial charge in [-0.2, -0.15) is 0 Å². The van der Waals surface area contributed by atoms with E-state index < -0.39 is 5.97 Å². The molecule has 0 rings (SSSR count). The van der Waals surface area contributed by atoms with Crippen LogP contribution in [0.1, 0.15) is 65.2 Å². The number of hydrogen-bond acceptors (Lipinski definition) is 3. The number of carbonyl (C=O) groups is 1. The Hall–Kier alpha value is -0.493. The molecule has 0 radical (unpaired) electrons. The molecule has 0 aliphatic heterocycles. The standard InChI is InChI=1S/C18H33NO2.Li/c1-3-5-7-9-11-13-15-19(17-18(20)21)16-14-12-10-8-6-4-2;/h3-6H,7-17H2,1-2H3,(H,20,21);/q;+1/p-1/b5-3+,6-4+;. The van der Waals surface area contributed by atoms with E-state index in [1.54, 1.807) is 0 Å². The Morgan fingerprint density at radius 1 is 0.864 bits per heavy atom. The van der Waals surface area contributed by atoms with Crippen molar-refractivity contribution in [1.82, 2.24) is 4.90 Å². The second-order valence-electron chi connectivity index (χ2n) is 5.48.